The van der Waals surface area contributed by atoms with Crippen LogP contribution in [0.15, 0.2) is 42.5 Å². The van der Waals surface area contributed by atoms with E-state index in [4.69, 9.17) is 10.5 Å². The first-order chi connectivity index (χ1) is 12.1. The molecule has 8 nitrogen and oxygen atoms in total. The van der Waals surface area contributed by atoms with Crippen LogP contribution in [0.5, 0.6) is 5.75 Å². The molecule has 2 heterocycles. The number of rotatable bonds is 3. The third kappa shape index (κ3) is 2.44. The highest BCUT2D eigenvalue weighted by Crippen LogP contribution is 2.27. The van der Waals surface area contributed by atoms with Gasteiger partial charge in [0.1, 0.15) is 5.75 Å². The second-order valence-corrected chi connectivity index (χ2v) is 5.60. The number of aromatic nitrogens is 4. The van der Waals surface area contributed by atoms with Crippen molar-refractivity contribution < 1.29 is 9.53 Å². The van der Waals surface area contributed by atoms with Gasteiger partial charge in [0.05, 0.1) is 23.8 Å². The summed E-state index contributed by atoms with van der Waals surface area (Å²) in [5.41, 5.74) is 8.63. The summed E-state index contributed by atoms with van der Waals surface area (Å²) in [5.74, 6) is 1.37. The molecule has 0 saturated carbocycles. The number of ether oxygens (including phenoxy) is 1. The summed E-state index contributed by atoms with van der Waals surface area (Å²) >= 11 is 0. The van der Waals surface area contributed by atoms with Crippen molar-refractivity contribution in [3.8, 4) is 5.75 Å². The van der Waals surface area contributed by atoms with Crippen molar-refractivity contribution in [3.05, 3.63) is 42.5 Å². The molecule has 0 spiro atoms. The first-order valence-electron chi connectivity index (χ1n) is 7.65. The van der Waals surface area contributed by atoms with Gasteiger partial charge in [-0.25, -0.2) is 14.4 Å². The van der Waals surface area contributed by atoms with Gasteiger partial charge >= 0.3 is 0 Å². The number of H-pyrrole nitrogens is 1. The number of carbonyl (C=O) groups excluding carboxylic acids is 1. The molecule has 3 N–H and O–H groups in total. The first-order valence-corrected chi connectivity index (χ1v) is 7.65. The third-order valence-corrected chi connectivity index (χ3v) is 3.92. The Balaban J connectivity index is 1.86. The Bertz CT molecular complexity index is 1100. The molecule has 2 aromatic heterocycles. The average molecular weight is 336 g/mol. The number of imidazole rings is 1. The van der Waals surface area contributed by atoms with E-state index >= 15 is 0 Å². The van der Waals surface area contributed by atoms with Crippen molar-refractivity contribution in [2.24, 2.45) is 0 Å². The Labute approximate surface area is 142 Å². The Morgan fingerprint density at radius 3 is 2.80 bits per heavy atom. The van der Waals surface area contributed by atoms with Gasteiger partial charge in [0.25, 0.3) is 5.78 Å². The Kier molecular flexibility index (Phi) is 3.31. The number of methoxy groups -OCH3 is 1. The lowest BCUT2D eigenvalue weighted by Crippen LogP contribution is -2.24. The van der Waals surface area contributed by atoms with Crippen LogP contribution in [0.3, 0.4) is 0 Å². The molecule has 0 fully saturated rings. The summed E-state index contributed by atoms with van der Waals surface area (Å²) < 4.78 is 6.94. The molecule has 0 bridgehead atoms. The highest BCUT2D eigenvalue weighted by atomic mass is 16.5. The molecular formula is C17H16N6O2. The van der Waals surface area contributed by atoms with Crippen molar-refractivity contribution in [2.75, 3.05) is 17.7 Å². The SMILES string of the molecule is COc1ccc2c(c1)nc1nc(N(C(C)=O)c3cccc(N)c3)[nH]n12. The van der Waals surface area contributed by atoms with Crippen molar-refractivity contribution in [2.45, 2.75) is 6.92 Å². The van der Waals surface area contributed by atoms with E-state index in [-0.39, 0.29) is 5.91 Å². The number of aromatic amines is 1. The molecule has 4 aromatic rings. The van der Waals surface area contributed by atoms with Crippen LogP contribution in [0.2, 0.25) is 0 Å². The van der Waals surface area contributed by atoms with E-state index in [1.54, 1.807) is 35.9 Å². The van der Waals surface area contributed by atoms with Crippen molar-refractivity contribution in [1.29, 1.82) is 0 Å². The number of nitrogens with zero attached hydrogens (tertiary/aromatic N) is 4. The van der Waals surface area contributed by atoms with Gasteiger partial charge in [-0.3, -0.25) is 9.89 Å². The van der Waals surface area contributed by atoms with Crippen molar-refractivity contribution >= 4 is 40.0 Å². The summed E-state index contributed by atoms with van der Waals surface area (Å²) in [7, 11) is 1.61. The zero-order valence-electron chi connectivity index (χ0n) is 13.7. The maximum atomic E-state index is 12.2. The van der Waals surface area contributed by atoms with E-state index in [1.165, 1.54) is 11.8 Å². The number of hydrogen-bond acceptors (Lipinski definition) is 5. The van der Waals surface area contributed by atoms with Gasteiger partial charge in [-0.05, 0) is 30.3 Å². The number of nitrogens with two attached hydrogens (primary N) is 1. The van der Waals surface area contributed by atoms with Crippen LogP contribution in [0.4, 0.5) is 17.3 Å². The smallest absolute Gasteiger partial charge is 0.253 e. The van der Waals surface area contributed by atoms with E-state index in [0.717, 1.165) is 16.8 Å². The molecule has 0 unspecified atom stereocenters. The molecular weight excluding hydrogens is 320 g/mol. The van der Waals surface area contributed by atoms with Gasteiger partial charge in [0.15, 0.2) is 0 Å². The summed E-state index contributed by atoms with van der Waals surface area (Å²) in [6.45, 7) is 1.47. The molecule has 0 atom stereocenters. The zero-order valence-corrected chi connectivity index (χ0v) is 13.7. The lowest BCUT2D eigenvalue weighted by molar-refractivity contribution is -0.115. The summed E-state index contributed by atoms with van der Waals surface area (Å²) in [5, 5.41) is 3.12. The van der Waals surface area contributed by atoms with Gasteiger partial charge < -0.3 is 10.5 Å². The molecule has 8 heteroatoms. The molecule has 0 radical (unpaired) electrons. The fraction of sp³-hybridized carbons (Fsp3) is 0.118. The zero-order chi connectivity index (χ0) is 17.6. The molecule has 1 amide bonds. The minimum absolute atomic E-state index is 0.187. The second-order valence-electron chi connectivity index (χ2n) is 5.60. The fourth-order valence-corrected chi connectivity index (χ4v) is 2.80. The molecule has 4 rings (SSSR count). The van der Waals surface area contributed by atoms with E-state index in [1.807, 2.05) is 18.2 Å². The highest BCUT2D eigenvalue weighted by molar-refractivity contribution is 5.98. The van der Waals surface area contributed by atoms with E-state index < -0.39 is 0 Å². The number of amides is 1. The lowest BCUT2D eigenvalue weighted by Gasteiger charge is -2.18. The molecule has 25 heavy (non-hydrogen) atoms. The van der Waals surface area contributed by atoms with Gasteiger partial charge in [0.2, 0.25) is 11.9 Å². The molecule has 0 saturated heterocycles. The number of anilines is 3. The quantitative estimate of drug-likeness (QED) is 0.560. The van der Waals surface area contributed by atoms with Gasteiger partial charge in [-0.15, -0.1) is 0 Å². The molecule has 0 aliphatic carbocycles. The van der Waals surface area contributed by atoms with Crippen molar-refractivity contribution in [3.63, 3.8) is 0 Å². The molecule has 2 aromatic carbocycles. The number of carbonyl (C=O) groups is 1. The average Bonchev–Trinajstić information content (AvgIpc) is 3.11. The maximum Gasteiger partial charge on any atom is 0.253 e. The minimum Gasteiger partial charge on any atom is -0.497 e. The molecule has 0 aliphatic heterocycles. The van der Waals surface area contributed by atoms with Crippen LogP contribution in [0.1, 0.15) is 6.92 Å². The van der Waals surface area contributed by atoms with Crippen LogP contribution in [-0.4, -0.2) is 32.6 Å². The van der Waals surface area contributed by atoms with Crippen LogP contribution in [0.25, 0.3) is 16.8 Å². The largest absolute Gasteiger partial charge is 0.497 e. The number of nitrogen functional groups attached to an aromatic ring is 1. The summed E-state index contributed by atoms with van der Waals surface area (Å²) in [6, 6.07) is 12.6. The minimum atomic E-state index is -0.187. The standard InChI is InChI=1S/C17H16N6O2/c1-10(24)22(12-5-3-4-11(18)8-12)17-20-16-19-14-9-13(25-2)6-7-15(14)23(16)21-17/h3-9H,18H2,1-2H3,(H,19,20,21). The van der Waals surface area contributed by atoms with Gasteiger partial charge in [0, 0.05) is 18.7 Å². The lowest BCUT2D eigenvalue weighted by atomic mass is 10.2. The Morgan fingerprint density at radius 2 is 2.08 bits per heavy atom. The number of fused-ring (bicyclic) bond motifs is 3. The monoisotopic (exact) mass is 336 g/mol. The van der Waals surface area contributed by atoms with E-state index in [2.05, 4.69) is 15.1 Å². The topological polar surface area (TPSA) is 102 Å². The molecule has 126 valence electrons. The predicted octanol–water partition coefficient (Wildman–Crippen LogP) is 2.49. The van der Waals surface area contributed by atoms with E-state index in [9.17, 15) is 4.79 Å². The first kappa shape index (κ1) is 15.0. The fourth-order valence-electron chi connectivity index (χ4n) is 2.80. The Hall–Kier alpha value is -3.55. The van der Waals surface area contributed by atoms with Crippen LogP contribution in [-0.2, 0) is 4.79 Å². The number of benzene rings is 2. The predicted molar refractivity (Wildman–Crippen MR) is 95.1 cm³/mol. The molecule has 0 aliphatic rings. The van der Waals surface area contributed by atoms with Gasteiger partial charge in [-0.1, -0.05) is 6.07 Å². The maximum absolute atomic E-state index is 12.2. The highest BCUT2D eigenvalue weighted by Gasteiger charge is 2.20. The number of hydrogen-bond donors (Lipinski definition) is 2. The van der Waals surface area contributed by atoms with Crippen LogP contribution in [0, 0.1) is 0 Å². The van der Waals surface area contributed by atoms with Crippen LogP contribution >= 0.6 is 0 Å². The normalized spacial score (nSPS) is 11.1. The van der Waals surface area contributed by atoms with Crippen LogP contribution < -0.4 is 15.4 Å². The summed E-state index contributed by atoms with van der Waals surface area (Å²) in [6.07, 6.45) is 0. The van der Waals surface area contributed by atoms with E-state index in [0.29, 0.717) is 23.1 Å². The Morgan fingerprint density at radius 1 is 1.24 bits per heavy atom. The van der Waals surface area contributed by atoms with Crippen molar-refractivity contribution in [1.82, 2.24) is 19.6 Å². The van der Waals surface area contributed by atoms with Gasteiger partial charge in [-0.2, -0.15) is 4.98 Å². The third-order valence-electron chi connectivity index (χ3n) is 3.92. The summed E-state index contributed by atoms with van der Waals surface area (Å²) in [4.78, 5) is 22.6. The second kappa shape index (κ2) is 5.52. The number of nitrogens with one attached hydrogen (secondary N) is 1.